The second-order valence-corrected chi connectivity index (χ2v) is 7.32. The second kappa shape index (κ2) is 7.99. The van der Waals surface area contributed by atoms with Gasteiger partial charge in [0.25, 0.3) is 0 Å². The zero-order chi connectivity index (χ0) is 19.4. The van der Waals surface area contributed by atoms with Gasteiger partial charge in [0.2, 0.25) is 0 Å². The van der Waals surface area contributed by atoms with E-state index in [4.69, 9.17) is 4.74 Å². The van der Waals surface area contributed by atoms with E-state index >= 15 is 0 Å². The molecule has 0 spiro atoms. The molecule has 1 aliphatic rings. The molecule has 144 valence electrons. The Balaban J connectivity index is 1.45. The minimum Gasteiger partial charge on any atom is -0.381 e. The number of hydrogen-bond donors (Lipinski definition) is 2. The third-order valence-corrected chi connectivity index (χ3v) is 5.56. The minimum absolute atomic E-state index is 0.311. The predicted octanol–water partition coefficient (Wildman–Crippen LogP) is 3.57. The molecule has 0 saturated carbocycles. The highest BCUT2D eigenvalue weighted by Gasteiger charge is 2.38. The van der Waals surface area contributed by atoms with Crippen molar-refractivity contribution in [3.8, 4) is 11.3 Å². The van der Waals surface area contributed by atoms with E-state index in [0.717, 1.165) is 10.6 Å². The number of benzene rings is 1. The monoisotopic (exact) mass is 399 g/mol. The van der Waals surface area contributed by atoms with Crippen LogP contribution in [0.2, 0.25) is 0 Å². The summed E-state index contributed by atoms with van der Waals surface area (Å²) in [5, 5.41) is 16.7. The number of thiazole rings is 1. The summed E-state index contributed by atoms with van der Waals surface area (Å²) in [6.07, 6.45) is 3.04. The van der Waals surface area contributed by atoms with Crippen LogP contribution in [-0.2, 0) is 10.3 Å². The molecule has 0 atom stereocenters. The van der Waals surface area contributed by atoms with E-state index in [1.807, 2.05) is 5.38 Å². The smallest absolute Gasteiger partial charge is 0.321 e. The van der Waals surface area contributed by atoms with E-state index in [9.17, 15) is 9.18 Å². The largest absolute Gasteiger partial charge is 0.381 e. The molecule has 3 heterocycles. The zero-order valence-corrected chi connectivity index (χ0v) is 15.7. The molecular weight excluding hydrogens is 381 g/mol. The number of carbonyl (C=O) groups is 1. The first-order valence-corrected chi connectivity index (χ1v) is 9.69. The van der Waals surface area contributed by atoms with Crippen molar-refractivity contribution in [1.82, 2.24) is 20.5 Å². The molecule has 0 aliphatic carbocycles. The molecule has 7 nitrogen and oxygen atoms in total. The molecular formula is C19H18FN5O2S. The van der Waals surface area contributed by atoms with Crippen LogP contribution in [0.5, 0.6) is 0 Å². The van der Waals surface area contributed by atoms with Crippen LogP contribution in [0, 0.1) is 5.82 Å². The summed E-state index contributed by atoms with van der Waals surface area (Å²) >= 11 is 1.51. The van der Waals surface area contributed by atoms with Crippen LogP contribution < -0.4 is 10.6 Å². The average molecular weight is 399 g/mol. The van der Waals surface area contributed by atoms with E-state index in [-0.39, 0.29) is 11.8 Å². The van der Waals surface area contributed by atoms with Crippen LogP contribution in [0.15, 0.2) is 48.0 Å². The molecule has 0 bridgehead atoms. The molecule has 9 heteroatoms. The van der Waals surface area contributed by atoms with Gasteiger partial charge in [0.15, 0.2) is 5.82 Å². The minimum atomic E-state index is -0.544. The number of hydrogen-bond acceptors (Lipinski definition) is 6. The molecule has 2 N–H and O–H groups in total. The summed E-state index contributed by atoms with van der Waals surface area (Å²) in [7, 11) is 0. The van der Waals surface area contributed by atoms with E-state index in [0.29, 0.717) is 37.6 Å². The fraction of sp³-hybridized carbons (Fsp3) is 0.263. The van der Waals surface area contributed by atoms with Gasteiger partial charge in [-0.15, -0.1) is 21.5 Å². The van der Waals surface area contributed by atoms with Gasteiger partial charge in [0.1, 0.15) is 10.8 Å². The summed E-state index contributed by atoms with van der Waals surface area (Å²) in [6, 6.07) is 8.99. The van der Waals surface area contributed by atoms with Crippen molar-refractivity contribution in [3.63, 3.8) is 0 Å². The lowest BCUT2D eigenvalue weighted by molar-refractivity contribution is 0.0417. The highest BCUT2D eigenvalue weighted by molar-refractivity contribution is 7.09. The van der Waals surface area contributed by atoms with Gasteiger partial charge < -0.3 is 10.1 Å². The number of aromatic nitrogens is 3. The average Bonchev–Trinajstić information content (AvgIpc) is 3.26. The van der Waals surface area contributed by atoms with Crippen molar-refractivity contribution in [2.45, 2.75) is 18.4 Å². The fourth-order valence-electron chi connectivity index (χ4n) is 3.11. The van der Waals surface area contributed by atoms with Crippen LogP contribution in [0.3, 0.4) is 0 Å². The molecule has 0 radical (unpaired) electrons. The summed E-state index contributed by atoms with van der Waals surface area (Å²) < 4.78 is 18.5. The normalized spacial score (nSPS) is 15.8. The molecule has 2 amide bonds. The number of nitrogens with zero attached hydrogens (tertiary/aromatic N) is 3. The summed E-state index contributed by atoms with van der Waals surface area (Å²) in [4.78, 5) is 17.0. The molecule has 4 rings (SSSR count). The fourth-order valence-corrected chi connectivity index (χ4v) is 3.96. The number of carbonyl (C=O) groups excluding carboxylic acids is 1. The van der Waals surface area contributed by atoms with Gasteiger partial charge in [-0.05, 0) is 36.4 Å². The topological polar surface area (TPSA) is 89.0 Å². The molecule has 1 saturated heterocycles. The van der Waals surface area contributed by atoms with Crippen LogP contribution in [0.25, 0.3) is 11.3 Å². The number of nitrogens with one attached hydrogen (secondary N) is 2. The standard InChI is InChI=1S/C19H18FN5O2S/c20-14-3-1-13(2-4-14)15-5-6-16(25-24-15)22-18(26)23-19(7-10-27-11-8-19)17-21-9-12-28-17/h1-6,9,12H,7-8,10-11H2,(H2,22,23,25,26). The number of urea groups is 1. The van der Waals surface area contributed by atoms with Crippen molar-refractivity contribution < 1.29 is 13.9 Å². The SMILES string of the molecule is O=C(Nc1ccc(-c2ccc(F)cc2)nn1)NC1(c2nccs2)CCOCC1. The van der Waals surface area contributed by atoms with Crippen molar-refractivity contribution in [2.24, 2.45) is 0 Å². The van der Waals surface area contributed by atoms with E-state index in [1.54, 1.807) is 30.5 Å². The number of rotatable bonds is 4. The quantitative estimate of drug-likeness (QED) is 0.700. The molecule has 1 aliphatic heterocycles. The molecule has 28 heavy (non-hydrogen) atoms. The van der Waals surface area contributed by atoms with E-state index in [2.05, 4.69) is 25.8 Å². The summed E-state index contributed by atoms with van der Waals surface area (Å²) in [5.41, 5.74) is 0.794. The third kappa shape index (κ3) is 4.00. The highest BCUT2D eigenvalue weighted by Crippen LogP contribution is 2.33. The van der Waals surface area contributed by atoms with Gasteiger partial charge >= 0.3 is 6.03 Å². The molecule has 3 aromatic rings. The third-order valence-electron chi connectivity index (χ3n) is 4.59. The number of amides is 2. The van der Waals surface area contributed by atoms with Crippen LogP contribution in [0.4, 0.5) is 15.0 Å². The van der Waals surface area contributed by atoms with Crippen molar-refractivity contribution >= 4 is 23.2 Å². The van der Waals surface area contributed by atoms with E-state index < -0.39 is 5.54 Å². The second-order valence-electron chi connectivity index (χ2n) is 6.42. The first-order valence-electron chi connectivity index (χ1n) is 8.81. The predicted molar refractivity (Wildman–Crippen MR) is 103 cm³/mol. The number of ether oxygens (including phenoxy) is 1. The Labute approximate surface area is 165 Å². The zero-order valence-electron chi connectivity index (χ0n) is 14.9. The van der Waals surface area contributed by atoms with Crippen LogP contribution in [0.1, 0.15) is 17.8 Å². The first-order chi connectivity index (χ1) is 13.6. The van der Waals surface area contributed by atoms with Crippen LogP contribution in [-0.4, -0.2) is 34.4 Å². The Morgan fingerprint density at radius 3 is 2.54 bits per heavy atom. The number of anilines is 1. The van der Waals surface area contributed by atoms with Crippen LogP contribution >= 0.6 is 11.3 Å². The highest BCUT2D eigenvalue weighted by atomic mass is 32.1. The van der Waals surface area contributed by atoms with Gasteiger partial charge in [0.05, 0.1) is 11.2 Å². The van der Waals surface area contributed by atoms with Crippen molar-refractivity contribution in [2.75, 3.05) is 18.5 Å². The Kier molecular flexibility index (Phi) is 5.27. The molecule has 1 fully saturated rings. The maximum atomic E-state index is 13.0. The van der Waals surface area contributed by atoms with Gasteiger partial charge in [-0.1, -0.05) is 0 Å². The Bertz CT molecular complexity index is 926. The number of halogens is 1. The lowest BCUT2D eigenvalue weighted by Crippen LogP contribution is -2.50. The molecule has 2 aromatic heterocycles. The maximum Gasteiger partial charge on any atom is 0.321 e. The lowest BCUT2D eigenvalue weighted by Gasteiger charge is -2.36. The lowest BCUT2D eigenvalue weighted by atomic mass is 9.91. The first kappa shape index (κ1) is 18.5. The molecule has 0 unspecified atom stereocenters. The Morgan fingerprint density at radius 1 is 1.11 bits per heavy atom. The van der Waals surface area contributed by atoms with Gasteiger partial charge in [-0.2, -0.15) is 0 Å². The van der Waals surface area contributed by atoms with Crippen molar-refractivity contribution in [3.05, 3.63) is 58.8 Å². The van der Waals surface area contributed by atoms with Gasteiger partial charge in [-0.25, -0.2) is 14.2 Å². The van der Waals surface area contributed by atoms with Crippen molar-refractivity contribution in [1.29, 1.82) is 0 Å². The molecule has 1 aromatic carbocycles. The Hall–Kier alpha value is -2.91. The summed E-state index contributed by atoms with van der Waals surface area (Å²) in [6.45, 7) is 1.12. The van der Waals surface area contributed by atoms with Gasteiger partial charge in [0, 0.05) is 43.2 Å². The summed E-state index contributed by atoms with van der Waals surface area (Å²) in [5.74, 6) is 0.0126. The maximum absolute atomic E-state index is 13.0. The van der Waals surface area contributed by atoms with Gasteiger partial charge in [-0.3, -0.25) is 5.32 Å². The Morgan fingerprint density at radius 2 is 1.89 bits per heavy atom. The van der Waals surface area contributed by atoms with E-state index in [1.165, 1.54) is 23.5 Å².